The number of hydrogen-bond donors (Lipinski definition) is 0. The topological polar surface area (TPSA) is 27.7 Å². The van der Waals surface area contributed by atoms with Crippen molar-refractivity contribution in [1.29, 1.82) is 0 Å². The fourth-order valence-corrected chi connectivity index (χ4v) is 3.37. The lowest BCUT2D eigenvalue weighted by atomic mass is 10.5. The van der Waals surface area contributed by atoms with Gasteiger partial charge in [-0.2, -0.15) is 0 Å². The van der Waals surface area contributed by atoms with Crippen LogP contribution in [0.5, 0.6) is 0 Å². The summed E-state index contributed by atoms with van der Waals surface area (Å²) in [6.45, 7) is 1.62. The Hall–Kier alpha value is 3.19. The van der Waals surface area contributed by atoms with Gasteiger partial charge in [0.25, 0.3) is 0 Å². The van der Waals surface area contributed by atoms with E-state index in [1.165, 1.54) is 0 Å². The fraction of sp³-hybridized carbons (Fsp3) is 1.00. The summed E-state index contributed by atoms with van der Waals surface area (Å²) in [6, 6.07) is 0. The largest absolute Gasteiger partial charge is 0.332 e. The van der Waals surface area contributed by atoms with Crippen molar-refractivity contribution in [3.8, 4) is 0 Å². The molecule has 3 atom stereocenters. The third-order valence-corrected chi connectivity index (χ3v) is 9.38. The van der Waals surface area contributed by atoms with Gasteiger partial charge in [0, 0.05) is 30.5 Å². The van der Waals surface area contributed by atoms with Crippen LogP contribution < -0.4 is 0 Å². The maximum atomic E-state index is 5.66. The zero-order chi connectivity index (χ0) is 14.7. The molecule has 10 heteroatoms. The van der Waals surface area contributed by atoms with Crippen LogP contribution in [-0.2, 0) is 13.6 Å². The van der Waals surface area contributed by atoms with E-state index >= 15 is 0 Å². The van der Waals surface area contributed by atoms with Crippen LogP contribution in [-0.4, -0.2) is 50.3 Å². The summed E-state index contributed by atoms with van der Waals surface area (Å²) in [5.74, 6) is 0. The van der Waals surface area contributed by atoms with Crippen LogP contribution in [0.3, 0.4) is 0 Å². The molecule has 0 aromatic rings. The highest BCUT2D eigenvalue weighted by molar-refractivity contribution is 9.12. The Labute approximate surface area is 166 Å². The minimum absolute atomic E-state index is 0.247. The molecule has 0 saturated carbocycles. The highest BCUT2D eigenvalue weighted by Crippen LogP contribution is 2.41. The zero-order valence-electron chi connectivity index (χ0n) is 9.91. The minimum atomic E-state index is -1.33. The summed E-state index contributed by atoms with van der Waals surface area (Å²) in [4.78, 5) is 0.741. The Morgan fingerprint density at radius 2 is 0.895 bits per heavy atom. The highest BCUT2D eigenvalue weighted by Gasteiger charge is 2.18. The molecule has 3 nitrogen and oxygen atoms in total. The molecule has 19 heavy (non-hydrogen) atoms. The number of rotatable bonds is 12. The average molecular weight is 682 g/mol. The molecule has 0 fully saturated rings. The Bertz CT molecular complexity index is 183. The van der Waals surface area contributed by atoms with Crippen molar-refractivity contribution >= 4 is 104 Å². The van der Waals surface area contributed by atoms with Gasteiger partial charge < -0.3 is 13.6 Å². The summed E-state index contributed by atoms with van der Waals surface area (Å²) in [5.41, 5.74) is 0. The van der Waals surface area contributed by atoms with Crippen LogP contribution in [0.15, 0.2) is 0 Å². The molecule has 0 aromatic heterocycles. The standard InChI is InChI=1S/C9H15Br6O3P/c10-1-7(13)4-16-19(17-5-8(14)2-11)18-6-9(15)3-12/h7-9H,1-6H2. The van der Waals surface area contributed by atoms with Gasteiger partial charge in [0.1, 0.15) is 0 Å². The Balaban J connectivity index is 4.06. The van der Waals surface area contributed by atoms with E-state index in [-0.39, 0.29) is 14.5 Å². The van der Waals surface area contributed by atoms with Crippen LogP contribution in [0.25, 0.3) is 0 Å². The number of halogens is 6. The summed E-state index contributed by atoms with van der Waals surface area (Å²) in [5, 5.41) is 2.46. The normalized spacial score (nSPS) is 18.0. The summed E-state index contributed by atoms with van der Waals surface area (Å²) < 4.78 is 17.0. The molecule has 0 bridgehead atoms. The molecular weight excluding hydrogens is 666 g/mol. The zero-order valence-corrected chi connectivity index (χ0v) is 20.3. The van der Waals surface area contributed by atoms with Gasteiger partial charge >= 0.3 is 8.60 Å². The van der Waals surface area contributed by atoms with Gasteiger partial charge in [-0.05, 0) is 0 Å². The van der Waals surface area contributed by atoms with Gasteiger partial charge in [-0.25, -0.2) is 0 Å². The summed E-state index contributed by atoms with van der Waals surface area (Å²) in [6.07, 6.45) is 0. The molecule has 0 heterocycles. The van der Waals surface area contributed by atoms with Gasteiger partial charge in [-0.15, -0.1) is 0 Å². The molecule has 0 saturated heterocycles. The van der Waals surface area contributed by atoms with Gasteiger partial charge in [0.05, 0.1) is 19.8 Å². The van der Waals surface area contributed by atoms with Crippen molar-refractivity contribution in [3.05, 3.63) is 0 Å². The Morgan fingerprint density at radius 1 is 0.632 bits per heavy atom. The van der Waals surface area contributed by atoms with E-state index in [0.29, 0.717) is 19.8 Å². The van der Waals surface area contributed by atoms with Crippen LogP contribution in [0, 0.1) is 0 Å². The first-order chi connectivity index (χ1) is 9.03. The lowest BCUT2D eigenvalue weighted by molar-refractivity contribution is 0.166. The van der Waals surface area contributed by atoms with Crippen LogP contribution >= 0.6 is 104 Å². The molecule has 0 aliphatic rings. The minimum Gasteiger partial charge on any atom is -0.311 e. The number of hydrogen-bond acceptors (Lipinski definition) is 3. The van der Waals surface area contributed by atoms with Gasteiger partial charge in [-0.1, -0.05) is 95.6 Å². The predicted octanol–water partition coefficient (Wildman–Crippen LogP) is 5.74. The first-order valence-corrected chi connectivity index (χ1v) is 12.5. The molecule has 0 rings (SSSR count). The quantitative estimate of drug-likeness (QED) is 0.195. The van der Waals surface area contributed by atoms with E-state index in [1.54, 1.807) is 0 Å². The van der Waals surface area contributed by atoms with Crippen LogP contribution in [0.4, 0.5) is 0 Å². The second-order valence-corrected chi connectivity index (χ2v) is 10.4. The highest BCUT2D eigenvalue weighted by atomic mass is 79.9. The van der Waals surface area contributed by atoms with Crippen molar-refractivity contribution in [1.82, 2.24) is 0 Å². The van der Waals surface area contributed by atoms with E-state index in [2.05, 4.69) is 95.6 Å². The summed E-state index contributed by atoms with van der Waals surface area (Å²) >= 11 is 20.6. The maximum absolute atomic E-state index is 5.66. The van der Waals surface area contributed by atoms with Gasteiger partial charge in [0.2, 0.25) is 0 Å². The molecular formula is C9H15Br6O3P. The first kappa shape index (κ1) is 22.2. The summed E-state index contributed by atoms with van der Waals surface area (Å²) in [7, 11) is -1.33. The average Bonchev–Trinajstić information content (AvgIpc) is 2.44. The first-order valence-electron chi connectivity index (χ1n) is 5.32. The van der Waals surface area contributed by atoms with Gasteiger partial charge in [0.15, 0.2) is 0 Å². The van der Waals surface area contributed by atoms with Crippen molar-refractivity contribution in [2.45, 2.75) is 14.5 Å². The second kappa shape index (κ2) is 14.8. The molecule has 0 aromatic carbocycles. The molecule has 3 unspecified atom stereocenters. The third-order valence-electron chi connectivity index (χ3n) is 1.58. The number of alkyl halides is 6. The SMILES string of the molecule is BrCC(Br)COP(OCC(Br)CBr)OCC(Br)CBr. The fourth-order valence-electron chi connectivity index (χ4n) is 0.671. The maximum Gasteiger partial charge on any atom is 0.332 e. The predicted molar refractivity (Wildman–Crippen MR) is 104 cm³/mol. The Morgan fingerprint density at radius 3 is 1.11 bits per heavy atom. The van der Waals surface area contributed by atoms with E-state index in [0.717, 1.165) is 16.0 Å². The van der Waals surface area contributed by atoms with Crippen LogP contribution in [0.2, 0.25) is 0 Å². The Kier molecular flexibility index (Phi) is 17.2. The molecule has 0 spiro atoms. The van der Waals surface area contributed by atoms with E-state index in [4.69, 9.17) is 13.6 Å². The molecule has 0 aliphatic heterocycles. The van der Waals surface area contributed by atoms with Crippen molar-refractivity contribution < 1.29 is 13.6 Å². The van der Waals surface area contributed by atoms with Gasteiger partial charge in [-0.3, -0.25) is 0 Å². The molecule has 0 N–H and O–H groups in total. The molecule has 0 amide bonds. The second-order valence-electron chi connectivity index (χ2n) is 3.37. The van der Waals surface area contributed by atoms with Crippen LogP contribution in [0.1, 0.15) is 0 Å². The van der Waals surface area contributed by atoms with E-state index in [1.807, 2.05) is 0 Å². The third kappa shape index (κ3) is 13.3. The molecule has 0 aliphatic carbocycles. The van der Waals surface area contributed by atoms with Crippen molar-refractivity contribution in [2.24, 2.45) is 0 Å². The molecule has 0 radical (unpaired) electrons. The lowest BCUT2D eigenvalue weighted by Crippen LogP contribution is -2.14. The van der Waals surface area contributed by atoms with E-state index < -0.39 is 8.60 Å². The van der Waals surface area contributed by atoms with E-state index in [9.17, 15) is 0 Å². The lowest BCUT2D eigenvalue weighted by Gasteiger charge is -2.20. The molecule has 116 valence electrons. The smallest absolute Gasteiger partial charge is 0.311 e. The van der Waals surface area contributed by atoms with Crippen molar-refractivity contribution in [2.75, 3.05) is 35.8 Å². The monoisotopic (exact) mass is 676 g/mol. The van der Waals surface area contributed by atoms with Crippen molar-refractivity contribution in [3.63, 3.8) is 0 Å².